The lowest BCUT2D eigenvalue weighted by Crippen LogP contribution is -2.25. The topological polar surface area (TPSA) is 83.8 Å². The van der Waals surface area contributed by atoms with E-state index in [9.17, 15) is 4.79 Å². The zero-order valence-electron chi connectivity index (χ0n) is 9.55. The van der Waals surface area contributed by atoms with Crippen LogP contribution in [-0.4, -0.2) is 22.6 Å². The second-order valence-electron chi connectivity index (χ2n) is 3.55. The molecule has 1 aromatic heterocycles. The van der Waals surface area contributed by atoms with Gasteiger partial charge in [-0.15, -0.1) is 6.58 Å². The third kappa shape index (κ3) is 2.85. The van der Waals surface area contributed by atoms with Crippen molar-refractivity contribution in [2.24, 2.45) is 0 Å². The predicted molar refractivity (Wildman–Crippen MR) is 64.1 cm³/mol. The van der Waals surface area contributed by atoms with Crippen LogP contribution < -0.4 is 11.1 Å². The first-order chi connectivity index (χ1) is 7.70. The van der Waals surface area contributed by atoms with Crippen molar-refractivity contribution in [2.75, 3.05) is 12.3 Å². The Bertz CT molecular complexity index is 370. The van der Waals surface area contributed by atoms with Crippen molar-refractivity contribution in [1.82, 2.24) is 15.5 Å². The molecule has 1 aromatic rings. The van der Waals surface area contributed by atoms with Crippen LogP contribution in [0.15, 0.2) is 12.7 Å². The summed E-state index contributed by atoms with van der Waals surface area (Å²) in [5, 5.41) is 9.44. The summed E-state index contributed by atoms with van der Waals surface area (Å²) in [6.07, 6.45) is 4.25. The zero-order valence-corrected chi connectivity index (χ0v) is 9.55. The Morgan fingerprint density at radius 3 is 3.06 bits per heavy atom. The summed E-state index contributed by atoms with van der Waals surface area (Å²) in [6, 6.07) is 0. The van der Waals surface area contributed by atoms with E-state index in [1.165, 1.54) is 0 Å². The number of aromatic nitrogens is 2. The molecule has 0 fully saturated rings. The number of rotatable bonds is 6. The Balaban J connectivity index is 2.65. The molecular weight excluding hydrogens is 204 g/mol. The molecule has 0 aromatic carbocycles. The lowest BCUT2D eigenvalue weighted by atomic mass is 10.2. The number of H-pyrrole nitrogens is 1. The van der Waals surface area contributed by atoms with Crippen molar-refractivity contribution in [3.8, 4) is 0 Å². The Labute approximate surface area is 95.1 Å². The normalized spacial score (nSPS) is 10.1. The zero-order chi connectivity index (χ0) is 12.0. The van der Waals surface area contributed by atoms with Gasteiger partial charge in [0.2, 0.25) is 0 Å². The van der Waals surface area contributed by atoms with Gasteiger partial charge in [-0.25, -0.2) is 0 Å². The van der Waals surface area contributed by atoms with E-state index in [4.69, 9.17) is 5.73 Å². The SMILES string of the molecule is C=CCCNC(=O)c1n[nH]c(CCC)c1N. The lowest BCUT2D eigenvalue weighted by Gasteiger charge is -2.01. The molecule has 1 heterocycles. The number of nitrogens with zero attached hydrogens (tertiary/aromatic N) is 1. The first-order valence-corrected chi connectivity index (χ1v) is 5.42. The highest BCUT2D eigenvalue weighted by Gasteiger charge is 2.15. The number of nitrogen functional groups attached to an aromatic ring is 1. The second kappa shape index (κ2) is 5.95. The van der Waals surface area contributed by atoms with Crippen LogP contribution in [0.4, 0.5) is 5.69 Å². The highest BCUT2D eigenvalue weighted by atomic mass is 16.1. The molecule has 0 aliphatic heterocycles. The maximum absolute atomic E-state index is 11.7. The van der Waals surface area contributed by atoms with E-state index in [0.29, 0.717) is 12.2 Å². The maximum atomic E-state index is 11.7. The summed E-state index contributed by atoms with van der Waals surface area (Å²) in [6.45, 7) is 6.18. The van der Waals surface area contributed by atoms with Crippen LogP contribution in [0.1, 0.15) is 35.9 Å². The van der Waals surface area contributed by atoms with Gasteiger partial charge in [0, 0.05) is 6.54 Å². The largest absolute Gasteiger partial charge is 0.395 e. The first kappa shape index (κ1) is 12.3. The van der Waals surface area contributed by atoms with Gasteiger partial charge >= 0.3 is 0 Å². The number of hydrogen-bond donors (Lipinski definition) is 3. The van der Waals surface area contributed by atoms with Crippen LogP contribution in [0.2, 0.25) is 0 Å². The van der Waals surface area contributed by atoms with Gasteiger partial charge in [0.15, 0.2) is 5.69 Å². The number of aryl methyl sites for hydroxylation is 1. The highest BCUT2D eigenvalue weighted by molar-refractivity contribution is 5.97. The second-order valence-corrected chi connectivity index (χ2v) is 3.55. The number of carbonyl (C=O) groups is 1. The Morgan fingerprint density at radius 2 is 2.44 bits per heavy atom. The molecule has 0 unspecified atom stereocenters. The van der Waals surface area contributed by atoms with Gasteiger partial charge < -0.3 is 11.1 Å². The third-order valence-corrected chi connectivity index (χ3v) is 2.23. The summed E-state index contributed by atoms with van der Waals surface area (Å²) in [7, 11) is 0. The maximum Gasteiger partial charge on any atom is 0.273 e. The van der Waals surface area contributed by atoms with Crippen molar-refractivity contribution in [3.05, 3.63) is 24.0 Å². The fraction of sp³-hybridized carbons (Fsp3) is 0.455. The molecule has 0 saturated heterocycles. The third-order valence-electron chi connectivity index (χ3n) is 2.23. The van der Waals surface area contributed by atoms with Crippen molar-refractivity contribution >= 4 is 11.6 Å². The molecule has 5 heteroatoms. The van der Waals surface area contributed by atoms with Crippen molar-refractivity contribution in [1.29, 1.82) is 0 Å². The van der Waals surface area contributed by atoms with Crippen molar-refractivity contribution in [2.45, 2.75) is 26.2 Å². The average molecular weight is 222 g/mol. The lowest BCUT2D eigenvalue weighted by molar-refractivity contribution is 0.0950. The molecule has 0 radical (unpaired) electrons. The molecule has 0 aliphatic carbocycles. The molecule has 0 saturated carbocycles. The molecule has 1 amide bonds. The van der Waals surface area contributed by atoms with Gasteiger partial charge in [0.05, 0.1) is 11.4 Å². The smallest absolute Gasteiger partial charge is 0.273 e. The number of hydrogen-bond acceptors (Lipinski definition) is 3. The van der Waals surface area contributed by atoms with E-state index in [-0.39, 0.29) is 11.6 Å². The molecule has 0 bridgehead atoms. The van der Waals surface area contributed by atoms with Crippen LogP contribution in [0, 0.1) is 0 Å². The number of nitrogens with one attached hydrogen (secondary N) is 2. The quantitative estimate of drug-likeness (QED) is 0.500. The highest BCUT2D eigenvalue weighted by Crippen LogP contribution is 2.15. The van der Waals surface area contributed by atoms with E-state index >= 15 is 0 Å². The van der Waals surface area contributed by atoms with Crippen molar-refractivity contribution in [3.63, 3.8) is 0 Å². The van der Waals surface area contributed by atoms with E-state index in [1.54, 1.807) is 6.08 Å². The van der Waals surface area contributed by atoms with E-state index in [2.05, 4.69) is 22.1 Å². The number of amides is 1. The number of carbonyl (C=O) groups excluding carboxylic acids is 1. The van der Waals surface area contributed by atoms with Crippen LogP contribution in [0.3, 0.4) is 0 Å². The molecule has 0 spiro atoms. The number of aromatic amines is 1. The Hall–Kier alpha value is -1.78. The Kier molecular flexibility index (Phi) is 4.57. The van der Waals surface area contributed by atoms with E-state index in [0.717, 1.165) is 25.0 Å². The standard InChI is InChI=1S/C11H18N4O/c1-3-5-7-13-11(16)10-9(12)8(6-4-2)14-15-10/h3H,1,4-7,12H2,2H3,(H,13,16)(H,14,15). The summed E-state index contributed by atoms with van der Waals surface area (Å²) in [5.41, 5.74) is 7.39. The number of nitrogens with two attached hydrogens (primary N) is 1. The average Bonchev–Trinajstić information content (AvgIpc) is 2.62. The molecule has 5 nitrogen and oxygen atoms in total. The first-order valence-electron chi connectivity index (χ1n) is 5.42. The molecule has 1 rings (SSSR count). The fourth-order valence-corrected chi connectivity index (χ4v) is 1.37. The monoisotopic (exact) mass is 222 g/mol. The molecule has 0 aliphatic rings. The minimum atomic E-state index is -0.238. The summed E-state index contributed by atoms with van der Waals surface area (Å²) in [5.74, 6) is -0.238. The molecule has 88 valence electrons. The van der Waals surface area contributed by atoms with Gasteiger partial charge in [-0.1, -0.05) is 19.4 Å². The molecule has 16 heavy (non-hydrogen) atoms. The van der Waals surface area contributed by atoms with Gasteiger partial charge in [-0.3, -0.25) is 9.89 Å². The van der Waals surface area contributed by atoms with Crippen LogP contribution in [0.25, 0.3) is 0 Å². The predicted octanol–water partition coefficient (Wildman–Crippen LogP) is 1.25. The minimum Gasteiger partial charge on any atom is -0.395 e. The van der Waals surface area contributed by atoms with Crippen LogP contribution >= 0.6 is 0 Å². The van der Waals surface area contributed by atoms with Crippen LogP contribution in [0.5, 0.6) is 0 Å². The van der Waals surface area contributed by atoms with Crippen molar-refractivity contribution < 1.29 is 4.79 Å². The fourth-order valence-electron chi connectivity index (χ4n) is 1.37. The molecular formula is C11H18N4O. The van der Waals surface area contributed by atoms with Gasteiger partial charge in [0.1, 0.15) is 0 Å². The minimum absolute atomic E-state index is 0.238. The molecule has 0 atom stereocenters. The molecule has 4 N–H and O–H groups in total. The summed E-state index contributed by atoms with van der Waals surface area (Å²) in [4.78, 5) is 11.7. The van der Waals surface area contributed by atoms with Gasteiger partial charge in [-0.2, -0.15) is 5.10 Å². The van der Waals surface area contributed by atoms with Gasteiger partial charge in [-0.05, 0) is 12.8 Å². The van der Waals surface area contributed by atoms with Crippen LogP contribution in [-0.2, 0) is 6.42 Å². The van der Waals surface area contributed by atoms with Gasteiger partial charge in [0.25, 0.3) is 5.91 Å². The Morgan fingerprint density at radius 1 is 1.69 bits per heavy atom. The summed E-state index contributed by atoms with van der Waals surface area (Å²) < 4.78 is 0. The number of anilines is 1. The summed E-state index contributed by atoms with van der Waals surface area (Å²) >= 11 is 0. The van der Waals surface area contributed by atoms with E-state index in [1.807, 2.05) is 6.92 Å². The van der Waals surface area contributed by atoms with E-state index < -0.39 is 0 Å².